The van der Waals surface area contributed by atoms with Crippen molar-refractivity contribution >= 4 is 0 Å². The summed E-state index contributed by atoms with van der Waals surface area (Å²) < 4.78 is 6.18. The van der Waals surface area contributed by atoms with Crippen LogP contribution in [0.5, 0.6) is 5.75 Å². The molecule has 3 aliphatic rings. The van der Waals surface area contributed by atoms with Crippen LogP contribution in [0.2, 0.25) is 0 Å². The van der Waals surface area contributed by atoms with Gasteiger partial charge in [-0.3, -0.25) is 0 Å². The maximum Gasteiger partial charge on any atom is 0.122 e. The van der Waals surface area contributed by atoms with Crippen LogP contribution in [-0.4, -0.2) is 17.8 Å². The second-order valence-electron chi connectivity index (χ2n) is 10.5. The van der Waals surface area contributed by atoms with E-state index in [0.717, 1.165) is 55.3 Å². The van der Waals surface area contributed by atoms with Crippen LogP contribution in [0.4, 0.5) is 0 Å². The van der Waals surface area contributed by atoms with Crippen molar-refractivity contribution in [3.63, 3.8) is 0 Å². The molecule has 29 heavy (non-hydrogen) atoms. The highest BCUT2D eigenvalue weighted by molar-refractivity contribution is 5.46. The van der Waals surface area contributed by atoms with Gasteiger partial charge in [-0.2, -0.15) is 0 Å². The van der Waals surface area contributed by atoms with E-state index in [-0.39, 0.29) is 6.10 Å². The number of unbranched alkanes of at least 4 members (excludes halogenated alkanes) is 1. The summed E-state index contributed by atoms with van der Waals surface area (Å²) in [4.78, 5) is 0. The highest BCUT2D eigenvalue weighted by Gasteiger charge is 2.54. The molecule has 1 aromatic rings. The minimum atomic E-state index is -0.154. The van der Waals surface area contributed by atoms with Crippen molar-refractivity contribution in [2.75, 3.05) is 6.61 Å². The SMILES string of the molecule is CCCCOc1cc2c(cc1CC)C1CC[C@@]3(C)C(CC[C@@H]3CC(C)O)C1CC2. The largest absolute Gasteiger partial charge is 0.493 e. The quantitative estimate of drug-likeness (QED) is 0.520. The van der Waals surface area contributed by atoms with Gasteiger partial charge in [0.15, 0.2) is 0 Å². The molecule has 4 unspecified atom stereocenters. The second kappa shape index (κ2) is 8.61. The Bertz CT molecular complexity index is 709. The van der Waals surface area contributed by atoms with Crippen molar-refractivity contribution in [2.45, 2.75) is 104 Å². The topological polar surface area (TPSA) is 29.5 Å². The summed E-state index contributed by atoms with van der Waals surface area (Å²) in [6.45, 7) is 9.88. The smallest absolute Gasteiger partial charge is 0.122 e. The van der Waals surface area contributed by atoms with E-state index in [0.29, 0.717) is 5.41 Å². The second-order valence-corrected chi connectivity index (χ2v) is 10.5. The molecular weight excluding hydrogens is 356 g/mol. The normalized spacial score (nSPS) is 34.2. The Balaban J connectivity index is 1.57. The third-order valence-electron chi connectivity index (χ3n) is 8.86. The summed E-state index contributed by atoms with van der Waals surface area (Å²) in [6, 6.07) is 4.93. The van der Waals surface area contributed by atoms with Crippen LogP contribution in [0, 0.1) is 23.2 Å². The Morgan fingerprint density at radius 3 is 2.72 bits per heavy atom. The predicted molar refractivity (Wildman–Crippen MR) is 121 cm³/mol. The minimum Gasteiger partial charge on any atom is -0.493 e. The van der Waals surface area contributed by atoms with E-state index in [1.54, 1.807) is 11.1 Å². The number of aryl methyl sites for hydroxylation is 2. The lowest BCUT2D eigenvalue weighted by Gasteiger charge is -2.51. The highest BCUT2D eigenvalue weighted by atomic mass is 16.5. The van der Waals surface area contributed by atoms with Crippen molar-refractivity contribution in [1.82, 2.24) is 0 Å². The van der Waals surface area contributed by atoms with Gasteiger partial charge in [-0.1, -0.05) is 33.3 Å². The molecule has 1 aromatic carbocycles. The molecular formula is C27H42O2. The first-order valence-electron chi connectivity index (χ1n) is 12.4. The Morgan fingerprint density at radius 1 is 1.17 bits per heavy atom. The molecule has 2 heteroatoms. The summed E-state index contributed by atoms with van der Waals surface area (Å²) in [7, 11) is 0. The Hall–Kier alpha value is -1.02. The zero-order chi connectivity index (χ0) is 20.6. The van der Waals surface area contributed by atoms with Crippen LogP contribution in [0.1, 0.15) is 102 Å². The van der Waals surface area contributed by atoms with Gasteiger partial charge in [0.05, 0.1) is 12.7 Å². The summed E-state index contributed by atoms with van der Waals surface area (Å²) >= 11 is 0. The van der Waals surface area contributed by atoms with Gasteiger partial charge in [0, 0.05) is 0 Å². The lowest BCUT2D eigenvalue weighted by atomic mass is 9.54. The molecule has 2 nitrogen and oxygen atoms in total. The molecule has 0 spiro atoms. The van der Waals surface area contributed by atoms with E-state index < -0.39 is 0 Å². The van der Waals surface area contributed by atoms with Gasteiger partial charge in [0.25, 0.3) is 0 Å². The number of hydrogen-bond donors (Lipinski definition) is 1. The lowest BCUT2D eigenvalue weighted by Crippen LogP contribution is -2.42. The van der Waals surface area contributed by atoms with Crippen LogP contribution >= 0.6 is 0 Å². The molecule has 4 rings (SSSR count). The third-order valence-corrected chi connectivity index (χ3v) is 8.86. The lowest BCUT2D eigenvalue weighted by molar-refractivity contribution is 0.0121. The van der Waals surface area contributed by atoms with E-state index in [1.165, 1.54) is 50.5 Å². The molecule has 2 fully saturated rings. The Labute approximate surface area is 178 Å². The molecule has 2 saturated carbocycles. The average Bonchev–Trinajstić information content (AvgIpc) is 3.03. The van der Waals surface area contributed by atoms with Gasteiger partial charge in [-0.15, -0.1) is 0 Å². The van der Waals surface area contributed by atoms with Crippen LogP contribution in [-0.2, 0) is 12.8 Å². The molecule has 0 heterocycles. The monoisotopic (exact) mass is 398 g/mol. The van der Waals surface area contributed by atoms with E-state index in [4.69, 9.17) is 4.74 Å². The fourth-order valence-electron chi connectivity index (χ4n) is 7.29. The number of aliphatic hydroxyl groups excluding tert-OH is 1. The fourth-order valence-corrected chi connectivity index (χ4v) is 7.29. The van der Waals surface area contributed by atoms with Gasteiger partial charge in [-0.25, -0.2) is 0 Å². The van der Waals surface area contributed by atoms with Crippen LogP contribution in [0.15, 0.2) is 12.1 Å². The molecule has 3 aliphatic carbocycles. The van der Waals surface area contributed by atoms with Crippen molar-refractivity contribution in [2.24, 2.45) is 23.2 Å². The van der Waals surface area contributed by atoms with Gasteiger partial charge >= 0.3 is 0 Å². The molecule has 0 aliphatic heterocycles. The zero-order valence-corrected chi connectivity index (χ0v) is 19.2. The molecule has 0 radical (unpaired) electrons. The fraction of sp³-hybridized carbons (Fsp3) is 0.778. The molecule has 162 valence electrons. The number of aliphatic hydroxyl groups is 1. The van der Waals surface area contributed by atoms with E-state index in [1.807, 2.05) is 6.92 Å². The predicted octanol–water partition coefficient (Wildman–Crippen LogP) is 6.67. The third kappa shape index (κ3) is 3.87. The van der Waals surface area contributed by atoms with E-state index in [2.05, 4.69) is 32.9 Å². The molecule has 0 saturated heterocycles. The van der Waals surface area contributed by atoms with Crippen molar-refractivity contribution in [3.8, 4) is 5.75 Å². The maximum atomic E-state index is 10.0. The molecule has 6 atom stereocenters. The van der Waals surface area contributed by atoms with Gasteiger partial charge in [0.2, 0.25) is 0 Å². The number of fused-ring (bicyclic) bond motifs is 5. The van der Waals surface area contributed by atoms with Crippen LogP contribution in [0.25, 0.3) is 0 Å². The molecule has 0 amide bonds. The van der Waals surface area contributed by atoms with Crippen molar-refractivity contribution < 1.29 is 9.84 Å². The number of hydrogen-bond acceptors (Lipinski definition) is 2. The maximum absolute atomic E-state index is 10.0. The standard InChI is InChI=1S/C27H42O2/c1-5-7-14-29-26-17-20-8-10-23-22(24(20)16-19(26)6-2)12-13-27(4)21(15-18(3)28)9-11-25(23)27/h16-18,21-23,25,28H,5-15H2,1-4H3/t18?,21-,22?,23?,25?,27-/m1/s1. The van der Waals surface area contributed by atoms with Crippen LogP contribution < -0.4 is 4.74 Å². The Kier molecular flexibility index (Phi) is 6.30. The van der Waals surface area contributed by atoms with Gasteiger partial charge in [0.1, 0.15) is 5.75 Å². The van der Waals surface area contributed by atoms with E-state index >= 15 is 0 Å². The summed E-state index contributed by atoms with van der Waals surface area (Å²) in [5.74, 6) is 4.31. The van der Waals surface area contributed by atoms with Crippen molar-refractivity contribution in [1.29, 1.82) is 0 Å². The van der Waals surface area contributed by atoms with Crippen LogP contribution in [0.3, 0.4) is 0 Å². The molecule has 1 N–H and O–H groups in total. The minimum absolute atomic E-state index is 0.154. The highest BCUT2D eigenvalue weighted by Crippen LogP contribution is 2.63. The zero-order valence-electron chi connectivity index (χ0n) is 19.2. The average molecular weight is 399 g/mol. The first kappa shape index (κ1) is 21.2. The molecule has 0 bridgehead atoms. The number of benzene rings is 1. The summed E-state index contributed by atoms with van der Waals surface area (Å²) in [6.07, 6.45) is 12.2. The summed E-state index contributed by atoms with van der Waals surface area (Å²) in [5, 5.41) is 10.0. The number of rotatable bonds is 7. The number of ether oxygens (including phenoxy) is 1. The van der Waals surface area contributed by atoms with Crippen molar-refractivity contribution in [3.05, 3.63) is 28.8 Å². The van der Waals surface area contributed by atoms with Gasteiger partial charge in [-0.05, 0) is 117 Å². The first-order valence-corrected chi connectivity index (χ1v) is 12.4. The Morgan fingerprint density at radius 2 is 2.00 bits per heavy atom. The van der Waals surface area contributed by atoms with E-state index in [9.17, 15) is 5.11 Å². The summed E-state index contributed by atoms with van der Waals surface area (Å²) in [5.41, 5.74) is 5.08. The van der Waals surface area contributed by atoms with Gasteiger partial charge < -0.3 is 9.84 Å². The molecule has 0 aromatic heterocycles. The first-order chi connectivity index (χ1) is 14.0.